The summed E-state index contributed by atoms with van der Waals surface area (Å²) in [5.41, 5.74) is 6.54. The van der Waals surface area contributed by atoms with Gasteiger partial charge in [-0.1, -0.05) is 194 Å². The maximum atomic E-state index is 9.67. The Morgan fingerprint density at radius 3 is 1.55 bits per heavy atom. The Morgan fingerprint density at radius 2 is 0.836 bits per heavy atom. The molecular weight excluding hydrogens is 665 g/mol. The van der Waals surface area contributed by atoms with Gasteiger partial charge in [0.2, 0.25) is 0 Å². The van der Waals surface area contributed by atoms with Crippen molar-refractivity contribution in [3.8, 4) is 55.8 Å². The van der Waals surface area contributed by atoms with E-state index >= 15 is 0 Å². The molecular formula is C54H34O. The maximum Gasteiger partial charge on any atom is 0.143 e. The normalized spacial score (nSPS) is 13.7. The third-order valence-corrected chi connectivity index (χ3v) is 10.7. The van der Waals surface area contributed by atoms with E-state index in [1.54, 1.807) is 0 Å². The van der Waals surface area contributed by atoms with Crippen molar-refractivity contribution in [1.82, 2.24) is 0 Å². The number of hydrogen-bond acceptors (Lipinski definition) is 1. The Hall–Kier alpha value is -7.22. The van der Waals surface area contributed by atoms with Crippen LogP contribution in [0.15, 0.2) is 210 Å². The van der Waals surface area contributed by atoms with Crippen molar-refractivity contribution in [2.75, 3.05) is 0 Å². The predicted molar refractivity (Wildman–Crippen MR) is 233 cm³/mol. The van der Waals surface area contributed by atoms with Crippen LogP contribution in [-0.4, -0.2) is 0 Å². The fraction of sp³-hybridized carbons (Fsp3) is 0. The van der Waals surface area contributed by atoms with E-state index in [2.05, 4.69) is 30.3 Å². The van der Waals surface area contributed by atoms with Gasteiger partial charge in [0.25, 0.3) is 0 Å². The van der Waals surface area contributed by atoms with Crippen LogP contribution in [0.3, 0.4) is 0 Å². The summed E-state index contributed by atoms with van der Waals surface area (Å²) in [4.78, 5) is 0. The van der Waals surface area contributed by atoms with Crippen LogP contribution in [0.5, 0.6) is 0 Å². The lowest BCUT2D eigenvalue weighted by molar-refractivity contribution is 0.633. The van der Waals surface area contributed by atoms with Crippen LogP contribution in [-0.2, 0) is 0 Å². The standard InChI is InChI=1S/C54H34O/c1-2-16-35(17-3-1)39-19-6-7-21-41(39)53-48-28-14-15-29-50(48)55-54(53)47-27-13-12-26-46(47)52-44-24-10-8-22-42(44)51(43-23-9-11-25-45(43)52)38-33-32-37-31-30-36-18-4-5-20-40(36)49(37)34-38/h1-34H/i8D,9D,10D,11D,22D,23D,24D,25D. The fourth-order valence-electron chi connectivity index (χ4n) is 8.31. The third-order valence-electron chi connectivity index (χ3n) is 10.7. The minimum Gasteiger partial charge on any atom is -0.455 e. The topological polar surface area (TPSA) is 13.1 Å². The van der Waals surface area contributed by atoms with Gasteiger partial charge in [0.1, 0.15) is 11.3 Å². The van der Waals surface area contributed by atoms with Crippen LogP contribution in [0.4, 0.5) is 0 Å². The highest BCUT2D eigenvalue weighted by Crippen LogP contribution is 2.50. The molecule has 0 unspecified atom stereocenters. The highest BCUT2D eigenvalue weighted by atomic mass is 16.3. The van der Waals surface area contributed by atoms with E-state index in [1.807, 2.05) is 127 Å². The van der Waals surface area contributed by atoms with E-state index in [1.165, 1.54) is 0 Å². The molecule has 0 fully saturated rings. The van der Waals surface area contributed by atoms with Gasteiger partial charge in [-0.05, 0) is 94.2 Å². The van der Waals surface area contributed by atoms with E-state index in [-0.39, 0.29) is 51.3 Å². The van der Waals surface area contributed by atoms with Crippen LogP contribution >= 0.6 is 0 Å². The number of rotatable bonds is 5. The molecule has 0 bridgehead atoms. The smallest absolute Gasteiger partial charge is 0.143 e. The molecule has 1 heteroatoms. The first kappa shape index (κ1) is 24.2. The number of para-hydroxylation sites is 1. The van der Waals surface area contributed by atoms with Gasteiger partial charge in [0, 0.05) is 16.5 Å². The van der Waals surface area contributed by atoms with Gasteiger partial charge < -0.3 is 4.42 Å². The highest BCUT2D eigenvalue weighted by molar-refractivity contribution is 6.23. The SMILES string of the molecule is [2H]c1c([2H])c([2H])c2c(-c3ccccc3-c3oc4ccccc4c3-c3ccccc3-c3ccccc3)c3c([2H])c([2H])c([2H])c([2H])c3c(-c3ccc4ccc5ccccc5c4c3)c2c1[2H]. The van der Waals surface area contributed by atoms with Gasteiger partial charge in [-0.3, -0.25) is 0 Å². The summed E-state index contributed by atoms with van der Waals surface area (Å²) in [6, 6.07) is 48.3. The van der Waals surface area contributed by atoms with Crippen molar-refractivity contribution in [3.63, 3.8) is 0 Å². The van der Waals surface area contributed by atoms with Crippen molar-refractivity contribution in [2.45, 2.75) is 0 Å². The van der Waals surface area contributed by atoms with Gasteiger partial charge in [0.15, 0.2) is 0 Å². The molecule has 0 aliphatic rings. The summed E-state index contributed by atoms with van der Waals surface area (Å²) in [7, 11) is 0. The number of hydrogen-bond donors (Lipinski definition) is 0. The van der Waals surface area contributed by atoms with Gasteiger partial charge in [0.05, 0.1) is 11.0 Å². The first-order valence-electron chi connectivity index (χ1n) is 22.3. The number of fused-ring (bicyclic) bond motifs is 6. The van der Waals surface area contributed by atoms with E-state index in [4.69, 9.17) is 9.90 Å². The van der Waals surface area contributed by atoms with Crippen molar-refractivity contribution in [3.05, 3.63) is 206 Å². The average Bonchev–Trinajstić information content (AvgIpc) is 3.72. The van der Waals surface area contributed by atoms with Gasteiger partial charge in [-0.2, -0.15) is 0 Å². The van der Waals surface area contributed by atoms with Gasteiger partial charge in [-0.15, -0.1) is 0 Å². The van der Waals surface area contributed by atoms with Crippen molar-refractivity contribution in [1.29, 1.82) is 0 Å². The fourth-order valence-corrected chi connectivity index (χ4v) is 8.31. The van der Waals surface area contributed by atoms with Crippen molar-refractivity contribution < 1.29 is 15.4 Å². The molecule has 0 saturated carbocycles. The zero-order valence-electron chi connectivity index (χ0n) is 37.4. The molecule has 0 saturated heterocycles. The molecule has 0 N–H and O–H groups in total. The summed E-state index contributed by atoms with van der Waals surface area (Å²) in [5, 5.41) is 5.31. The monoisotopic (exact) mass is 706 g/mol. The lowest BCUT2D eigenvalue weighted by atomic mass is 9.83. The number of furan rings is 1. The van der Waals surface area contributed by atoms with Gasteiger partial charge in [-0.25, -0.2) is 0 Å². The zero-order chi connectivity index (χ0) is 43.3. The molecule has 0 aliphatic heterocycles. The lowest BCUT2D eigenvalue weighted by Crippen LogP contribution is -1.93. The second-order valence-electron chi connectivity index (χ2n) is 13.7. The molecule has 0 radical (unpaired) electrons. The minimum absolute atomic E-state index is 0.140. The quantitative estimate of drug-likeness (QED) is 0.128. The molecule has 1 heterocycles. The minimum atomic E-state index is -0.455. The highest BCUT2D eigenvalue weighted by Gasteiger charge is 2.25. The Morgan fingerprint density at radius 1 is 0.327 bits per heavy atom. The molecule has 0 amide bonds. The molecule has 0 atom stereocenters. The molecule has 11 rings (SSSR count). The first-order valence-corrected chi connectivity index (χ1v) is 18.3. The zero-order valence-corrected chi connectivity index (χ0v) is 29.4. The molecule has 10 aromatic carbocycles. The largest absolute Gasteiger partial charge is 0.455 e. The van der Waals surface area contributed by atoms with E-state index < -0.39 is 24.2 Å². The third kappa shape index (κ3) is 5.01. The Balaban J connectivity index is 1.32. The molecule has 256 valence electrons. The molecule has 1 aromatic heterocycles. The Labute approximate surface area is 330 Å². The lowest BCUT2D eigenvalue weighted by Gasteiger charge is -2.20. The van der Waals surface area contributed by atoms with E-state index in [9.17, 15) is 5.48 Å². The Kier molecular flexibility index (Phi) is 5.59. The Bertz CT molecular complexity index is 3640. The van der Waals surface area contributed by atoms with Crippen LogP contribution in [0, 0.1) is 0 Å². The van der Waals surface area contributed by atoms with Crippen molar-refractivity contribution in [2.24, 2.45) is 0 Å². The summed E-state index contributed by atoms with van der Waals surface area (Å²) < 4.78 is 81.6. The first-order chi connectivity index (χ1) is 30.6. The second kappa shape index (κ2) is 12.7. The number of benzene rings is 10. The van der Waals surface area contributed by atoms with Crippen LogP contribution < -0.4 is 0 Å². The van der Waals surface area contributed by atoms with Crippen LogP contribution in [0.25, 0.3) is 110 Å². The van der Waals surface area contributed by atoms with Crippen LogP contribution in [0.2, 0.25) is 0 Å². The molecule has 11 aromatic rings. The van der Waals surface area contributed by atoms with E-state index in [0.717, 1.165) is 49.2 Å². The average molecular weight is 707 g/mol. The molecule has 1 nitrogen and oxygen atoms in total. The summed E-state index contributed by atoms with van der Waals surface area (Å²) in [5.74, 6) is 0.503. The molecule has 0 spiro atoms. The van der Waals surface area contributed by atoms with Crippen LogP contribution in [0.1, 0.15) is 11.0 Å². The molecule has 55 heavy (non-hydrogen) atoms. The van der Waals surface area contributed by atoms with E-state index in [0.29, 0.717) is 33.6 Å². The predicted octanol–water partition coefficient (Wildman–Crippen LogP) is 15.4. The summed E-state index contributed by atoms with van der Waals surface area (Å²) >= 11 is 0. The maximum absolute atomic E-state index is 9.67. The summed E-state index contributed by atoms with van der Waals surface area (Å²) in [6.07, 6.45) is 0. The second-order valence-corrected chi connectivity index (χ2v) is 13.7. The molecule has 0 aliphatic carbocycles. The summed E-state index contributed by atoms with van der Waals surface area (Å²) in [6.45, 7) is 0. The van der Waals surface area contributed by atoms with Gasteiger partial charge >= 0.3 is 0 Å². The van der Waals surface area contributed by atoms with Crippen molar-refractivity contribution >= 4 is 54.1 Å².